The molecular weight excluding hydrogens is 270 g/mol. The molecule has 0 bridgehead atoms. The van der Waals surface area contributed by atoms with E-state index in [9.17, 15) is 14.7 Å². The van der Waals surface area contributed by atoms with Gasteiger partial charge in [0.25, 0.3) is 0 Å². The molecule has 0 spiro atoms. The molecule has 116 valence electrons. The number of aromatic carboxylic acids is 1. The van der Waals surface area contributed by atoms with Gasteiger partial charge < -0.3 is 20.6 Å². The first-order chi connectivity index (χ1) is 9.81. The van der Waals surface area contributed by atoms with Crippen molar-refractivity contribution in [2.24, 2.45) is 0 Å². The predicted octanol–water partition coefficient (Wildman–Crippen LogP) is 2.15. The molecule has 0 saturated carbocycles. The molecule has 0 radical (unpaired) electrons. The van der Waals surface area contributed by atoms with Gasteiger partial charge in [0.1, 0.15) is 0 Å². The molecule has 0 aliphatic rings. The van der Waals surface area contributed by atoms with Crippen LogP contribution in [0, 0.1) is 6.92 Å². The fourth-order valence-corrected chi connectivity index (χ4v) is 1.96. The fraction of sp³-hybridized carbons (Fsp3) is 0.467. The number of rotatable bonds is 6. The Bertz CT molecular complexity index is 515. The smallest absolute Gasteiger partial charge is 0.338 e. The van der Waals surface area contributed by atoms with Gasteiger partial charge in [0.2, 0.25) is 0 Å². The molecule has 3 N–H and O–H groups in total. The maximum Gasteiger partial charge on any atom is 0.338 e. The Morgan fingerprint density at radius 2 is 2.00 bits per heavy atom. The lowest BCUT2D eigenvalue weighted by atomic mass is 10.1. The van der Waals surface area contributed by atoms with Crippen LogP contribution in [0.15, 0.2) is 18.2 Å². The molecule has 1 aromatic carbocycles. The molecule has 6 nitrogen and oxygen atoms in total. The number of hydrogen-bond donors (Lipinski definition) is 3. The number of carboxylic acids is 1. The van der Waals surface area contributed by atoms with E-state index < -0.39 is 12.0 Å². The van der Waals surface area contributed by atoms with Crippen LogP contribution >= 0.6 is 0 Å². The molecule has 1 unspecified atom stereocenters. The van der Waals surface area contributed by atoms with E-state index in [1.165, 1.54) is 0 Å². The second kappa shape index (κ2) is 7.64. The molecular formula is C15H23N3O3. The zero-order valence-electron chi connectivity index (χ0n) is 12.9. The third kappa shape index (κ3) is 5.43. The van der Waals surface area contributed by atoms with E-state index in [1.807, 2.05) is 25.9 Å². The van der Waals surface area contributed by atoms with Crippen LogP contribution in [0.3, 0.4) is 0 Å². The molecule has 1 rings (SSSR count). The van der Waals surface area contributed by atoms with Gasteiger partial charge in [0, 0.05) is 6.04 Å². The number of carbonyl (C=O) groups is 2. The highest BCUT2D eigenvalue weighted by Crippen LogP contribution is 2.19. The molecule has 21 heavy (non-hydrogen) atoms. The van der Waals surface area contributed by atoms with Crippen LogP contribution in [0.5, 0.6) is 0 Å². The summed E-state index contributed by atoms with van der Waals surface area (Å²) in [5, 5.41) is 14.6. The normalized spacial score (nSPS) is 12.0. The van der Waals surface area contributed by atoms with Crippen molar-refractivity contribution in [1.29, 1.82) is 0 Å². The van der Waals surface area contributed by atoms with Gasteiger partial charge >= 0.3 is 12.0 Å². The van der Waals surface area contributed by atoms with Gasteiger partial charge in [-0.05, 0) is 52.5 Å². The second-order valence-corrected chi connectivity index (χ2v) is 5.39. The van der Waals surface area contributed by atoms with Crippen LogP contribution in [-0.4, -0.2) is 48.7 Å². The Balaban J connectivity index is 2.67. The minimum absolute atomic E-state index is 0.00508. The van der Waals surface area contributed by atoms with Crippen LogP contribution in [0.4, 0.5) is 10.5 Å². The van der Waals surface area contributed by atoms with E-state index in [4.69, 9.17) is 0 Å². The van der Waals surface area contributed by atoms with Crippen molar-refractivity contribution in [2.75, 3.05) is 26.0 Å². The zero-order valence-corrected chi connectivity index (χ0v) is 12.9. The summed E-state index contributed by atoms with van der Waals surface area (Å²) in [5.74, 6) is -1.05. The van der Waals surface area contributed by atoms with E-state index in [2.05, 4.69) is 10.6 Å². The van der Waals surface area contributed by atoms with Gasteiger partial charge in [-0.25, -0.2) is 9.59 Å². The van der Waals surface area contributed by atoms with Gasteiger partial charge in [-0.15, -0.1) is 0 Å². The van der Waals surface area contributed by atoms with E-state index >= 15 is 0 Å². The molecule has 0 saturated heterocycles. The quantitative estimate of drug-likeness (QED) is 0.750. The third-order valence-corrected chi connectivity index (χ3v) is 3.12. The first-order valence-corrected chi connectivity index (χ1v) is 6.86. The summed E-state index contributed by atoms with van der Waals surface area (Å²) < 4.78 is 0. The van der Waals surface area contributed by atoms with Crippen LogP contribution in [0.1, 0.15) is 29.3 Å². The lowest BCUT2D eigenvalue weighted by Crippen LogP contribution is -2.38. The molecule has 0 fully saturated rings. The van der Waals surface area contributed by atoms with Crippen molar-refractivity contribution in [1.82, 2.24) is 10.2 Å². The number of benzene rings is 1. The summed E-state index contributed by atoms with van der Waals surface area (Å²) in [6.07, 6.45) is 0.819. The average molecular weight is 293 g/mol. The van der Waals surface area contributed by atoms with Crippen LogP contribution in [-0.2, 0) is 0 Å². The summed E-state index contributed by atoms with van der Waals surface area (Å²) in [4.78, 5) is 25.2. The fourth-order valence-electron chi connectivity index (χ4n) is 1.96. The summed E-state index contributed by atoms with van der Waals surface area (Å²) in [6.45, 7) is 4.48. The molecule has 0 aliphatic heterocycles. The first kappa shape index (κ1) is 17.0. The topological polar surface area (TPSA) is 81.7 Å². The summed E-state index contributed by atoms with van der Waals surface area (Å²) in [5.41, 5.74) is 1.04. The first-order valence-electron chi connectivity index (χ1n) is 6.86. The minimum atomic E-state index is -1.05. The van der Waals surface area contributed by atoms with Crippen LogP contribution in [0.25, 0.3) is 0 Å². The Kier molecular flexibility index (Phi) is 6.17. The average Bonchev–Trinajstić information content (AvgIpc) is 2.35. The Hall–Kier alpha value is -2.08. The number of carbonyl (C=O) groups excluding carboxylic acids is 1. The van der Waals surface area contributed by atoms with Gasteiger partial charge in [-0.1, -0.05) is 12.1 Å². The lowest BCUT2D eigenvalue weighted by molar-refractivity contribution is 0.0697. The second-order valence-electron chi connectivity index (χ2n) is 5.39. The maximum atomic E-state index is 11.9. The number of carboxylic acid groups (broad SMARTS) is 1. The van der Waals surface area contributed by atoms with Crippen molar-refractivity contribution >= 4 is 17.7 Å². The van der Waals surface area contributed by atoms with Gasteiger partial charge in [0.15, 0.2) is 0 Å². The molecule has 0 aromatic heterocycles. The third-order valence-electron chi connectivity index (χ3n) is 3.12. The summed E-state index contributed by atoms with van der Waals surface area (Å²) in [7, 11) is 3.94. The maximum absolute atomic E-state index is 11.9. The van der Waals surface area contributed by atoms with Crippen molar-refractivity contribution in [3.63, 3.8) is 0 Å². The van der Waals surface area contributed by atoms with Gasteiger partial charge in [-0.3, -0.25) is 0 Å². The standard InChI is InChI=1S/C15H23N3O3/c1-10-6-5-7-12(13(10)14(19)20)17-15(21)16-11(2)8-9-18(3)4/h5-7,11H,8-9H2,1-4H3,(H,19,20)(H2,16,17,21). The largest absolute Gasteiger partial charge is 0.478 e. The number of urea groups is 1. The number of amides is 2. The van der Waals surface area contributed by atoms with Crippen molar-refractivity contribution in [3.05, 3.63) is 29.3 Å². The van der Waals surface area contributed by atoms with E-state index in [-0.39, 0.29) is 11.6 Å². The monoisotopic (exact) mass is 293 g/mol. The van der Waals surface area contributed by atoms with Crippen LogP contribution < -0.4 is 10.6 Å². The molecule has 2 amide bonds. The molecule has 1 aromatic rings. The lowest BCUT2D eigenvalue weighted by Gasteiger charge is -2.18. The number of nitrogens with one attached hydrogen (secondary N) is 2. The van der Waals surface area contributed by atoms with Gasteiger partial charge in [-0.2, -0.15) is 0 Å². The number of nitrogens with zero attached hydrogens (tertiary/aromatic N) is 1. The highest BCUT2D eigenvalue weighted by Gasteiger charge is 2.15. The number of aryl methyl sites for hydroxylation is 1. The number of hydrogen-bond acceptors (Lipinski definition) is 3. The van der Waals surface area contributed by atoms with E-state index in [0.29, 0.717) is 11.3 Å². The minimum Gasteiger partial charge on any atom is -0.478 e. The Labute approximate surface area is 125 Å². The van der Waals surface area contributed by atoms with E-state index in [0.717, 1.165) is 13.0 Å². The summed E-state index contributed by atoms with van der Waals surface area (Å²) in [6, 6.07) is 4.61. The zero-order chi connectivity index (χ0) is 16.0. The molecule has 6 heteroatoms. The highest BCUT2D eigenvalue weighted by atomic mass is 16.4. The highest BCUT2D eigenvalue weighted by molar-refractivity contribution is 6.01. The molecule has 0 heterocycles. The van der Waals surface area contributed by atoms with Gasteiger partial charge in [0.05, 0.1) is 11.3 Å². The predicted molar refractivity (Wildman–Crippen MR) is 82.9 cm³/mol. The molecule has 0 aliphatic carbocycles. The number of anilines is 1. The molecule has 1 atom stereocenters. The van der Waals surface area contributed by atoms with E-state index in [1.54, 1.807) is 25.1 Å². The van der Waals surface area contributed by atoms with Crippen LogP contribution in [0.2, 0.25) is 0 Å². The SMILES string of the molecule is Cc1cccc(NC(=O)NC(C)CCN(C)C)c1C(=O)O. The summed E-state index contributed by atoms with van der Waals surface area (Å²) >= 11 is 0. The van der Waals surface area contributed by atoms with Crippen molar-refractivity contribution in [2.45, 2.75) is 26.3 Å². The Morgan fingerprint density at radius 1 is 1.33 bits per heavy atom. The Morgan fingerprint density at radius 3 is 2.57 bits per heavy atom. The van der Waals surface area contributed by atoms with Crippen molar-refractivity contribution in [3.8, 4) is 0 Å². The van der Waals surface area contributed by atoms with Crippen molar-refractivity contribution < 1.29 is 14.7 Å².